The molecule has 2 N–H and O–H groups in total. The van der Waals surface area contributed by atoms with Crippen molar-refractivity contribution in [3.8, 4) is 0 Å². The largest absolute Gasteiger partial charge is 0.316 e. The molecule has 0 aliphatic carbocycles. The molecule has 0 fully saturated rings. The van der Waals surface area contributed by atoms with Gasteiger partial charge in [-0.15, -0.1) is 0 Å². The summed E-state index contributed by atoms with van der Waals surface area (Å²) in [7, 11) is 10.1. The third kappa shape index (κ3) is 197. The van der Waals surface area contributed by atoms with Crippen LogP contribution in [-0.2, 0) is 21.8 Å². The SMILES string of the molecule is O=S(=O)(O)O.[Cl][Cr]([Cl])[Cl].[MgH2]. The molecular formula is H4Cl3CrMgO4S. The molecule has 10 heavy (non-hydrogen) atoms. The number of hydrogen-bond acceptors (Lipinski definition) is 2. The zero-order valence-corrected chi connectivity index (χ0v) is 8.02. The Hall–Kier alpha value is 2.04. The first-order valence-electron chi connectivity index (χ1n) is 1.16. The smallest absolute Gasteiger partial charge is 0.316 e. The molecular weight excluding hydrogens is 279 g/mol. The molecule has 0 aliphatic heterocycles. The fourth-order valence-corrected chi connectivity index (χ4v) is 0. The van der Waals surface area contributed by atoms with E-state index in [4.69, 9.17) is 47.7 Å². The summed E-state index contributed by atoms with van der Waals surface area (Å²) < 4.78 is 31.6. The van der Waals surface area contributed by atoms with E-state index in [-0.39, 0.29) is 23.1 Å². The average Bonchev–Trinajstić information content (AvgIpc) is 1.19. The molecule has 0 aromatic carbocycles. The van der Waals surface area contributed by atoms with Gasteiger partial charge in [0.1, 0.15) is 0 Å². The van der Waals surface area contributed by atoms with Gasteiger partial charge in [-0.2, -0.15) is 8.42 Å². The van der Waals surface area contributed by atoms with Crippen LogP contribution in [0.4, 0.5) is 0 Å². The molecule has 4 nitrogen and oxygen atoms in total. The van der Waals surface area contributed by atoms with Crippen molar-refractivity contribution in [3.63, 3.8) is 0 Å². The minimum Gasteiger partial charge on any atom is 0.316 e. The standard InChI is InChI=1S/3ClH.Cr.Mg.H2O4S.2H/c;;;;;1-5(2,3)4;;/h3*1H;;;(H2,1,2,3,4);;/q;;;+3;;;;/p-3. The summed E-state index contributed by atoms with van der Waals surface area (Å²) in [6, 6.07) is 0. The Morgan fingerprint density at radius 2 is 1.10 bits per heavy atom. The van der Waals surface area contributed by atoms with Crippen molar-refractivity contribution < 1.29 is 28.9 Å². The summed E-state index contributed by atoms with van der Waals surface area (Å²) in [6.07, 6.45) is 0. The van der Waals surface area contributed by atoms with Gasteiger partial charge in [-0.3, -0.25) is 9.11 Å². The maximum atomic E-state index is 8.74. The van der Waals surface area contributed by atoms with Crippen molar-refractivity contribution in [2.45, 2.75) is 0 Å². The predicted molar refractivity (Wildman–Crippen MR) is 40.3 cm³/mol. The third-order valence-corrected chi connectivity index (χ3v) is 0. The number of rotatable bonds is 0. The summed E-state index contributed by atoms with van der Waals surface area (Å²) in [5, 5.41) is 0. The van der Waals surface area contributed by atoms with Crippen LogP contribution < -0.4 is 0 Å². The van der Waals surface area contributed by atoms with Gasteiger partial charge in [0, 0.05) is 0 Å². The number of halogens is 3. The van der Waals surface area contributed by atoms with Gasteiger partial charge in [0.2, 0.25) is 0 Å². The second kappa shape index (κ2) is 9.13. The van der Waals surface area contributed by atoms with Crippen LogP contribution in [0.1, 0.15) is 0 Å². The molecule has 0 radical (unpaired) electrons. The molecule has 0 aliphatic rings. The Balaban J connectivity index is -0.0000000910. The Bertz CT molecular complexity index is 132. The molecule has 0 unspecified atom stereocenters. The van der Waals surface area contributed by atoms with E-state index < -0.39 is 21.8 Å². The van der Waals surface area contributed by atoms with Gasteiger partial charge < -0.3 is 0 Å². The van der Waals surface area contributed by atoms with Crippen LogP contribution in [0.2, 0.25) is 0 Å². The average molecular weight is 283 g/mol. The first-order valence-corrected chi connectivity index (χ1v) is 7.82. The van der Waals surface area contributed by atoms with E-state index in [1.54, 1.807) is 0 Å². The van der Waals surface area contributed by atoms with Gasteiger partial charge in [0.25, 0.3) is 0 Å². The minimum atomic E-state index is -4.67. The van der Waals surface area contributed by atoms with E-state index in [0.717, 1.165) is 0 Å². The van der Waals surface area contributed by atoms with Crippen LogP contribution in [0.25, 0.3) is 0 Å². The number of hydrogen-bond donors (Lipinski definition) is 2. The summed E-state index contributed by atoms with van der Waals surface area (Å²) in [5.41, 5.74) is 0. The van der Waals surface area contributed by atoms with Crippen LogP contribution >= 0.6 is 30.1 Å². The maximum Gasteiger partial charge on any atom is 0.316 e. The summed E-state index contributed by atoms with van der Waals surface area (Å²) >= 11 is -1.62. The normalized spacial score (nSPS) is 9.40. The quantitative estimate of drug-likeness (QED) is 0.501. The van der Waals surface area contributed by atoms with Crippen LogP contribution in [0.15, 0.2) is 0 Å². The fourth-order valence-electron chi connectivity index (χ4n) is 0. The molecule has 0 saturated carbocycles. The topological polar surface area (TPSA) is 74.6 Å². The molecule has 10 heteroatoms. The van der Waals surface area contributed by atoms with Gasteiger partial charge in [0.05, 0.1) is 0 Å². The second-order valence-corrected chi connectivity index (χ2v) is 7.84. The summed E-state index contributed by atoms with van der Waals surface area (Å²) in [4.78, 5) is 0. The van der Waals surface area contributed by atoms with Crippen LogP contribution in [0.5, 0.6) is 0 Å². The molecule has 0 rings (SSSR count). The van der Waals surface area contributed by atoms with Crippen LogP contribution in [0, 0.1) is 0 Å². The molecule has 0 aromatic rings. The zero-order valence-electron chi connectivity index (χ0n) is 3.66. The molecule has 0 spiro atoms. The second-order valence-electron chi connectivity index (χ2n) is 0.623. The Morgan fingerprint density at radius 1 is 1.10 bits per heavy atom. The third-order valence-electron chi connectivity index (χ3n) is 0. The van der Waals surface area contributed by atoms with Crippen LogP contribution in [-0.4, -0.2) is 40.6 Å². The van der Waals surface area contributed by atoms with Gasteiger partial charge in [0.15, 0.2) is 0 Å². The van der Waals surface area contributed by atoms with E-state index in [1.165, 1.54) is 0 Å². The van der Waals surface area contributed by atoms with E-state index in [0.29, 0.717) is 0 Å². The van der Waals surface area contributed by atoms with Gasteiger partial charge >= 0.3 is 75.0 Å². The fraction of sp³-hybridized carbons (Fsp3) is 0. The van der Waals surface area contributed by atoms with Gasteiger partial charge in [-0.05, 0) is 0 Å². The summed E-state index contributed by atoms with van der Waals surface area (Å²) in [5.74, 6) is 0. The van der Waals surface area contributed by atoms with Gasteiger partial charge in [-0.25, -0.2) is 0 Å². The van der Waals surface area contributed by atoms with Crippen molar-refractivity contribution in [1.29, 1.82) is 0 Å². The molecule has 0 atom stereocenters. The molecule has 0 saturated heterocycles. The van der Waals surface area contributed by atoms with Crippen molar-refractivity contribution in [2.75, 3.05) is 0 Å². The van der Waals surface area contributed by atoms with Crippen molar-refractivity contribution in [3.05, 3.63) is 0 Å². The predicted octanol–water partition coefficient (Wildman–Crippen LogP) is 0.497. The zero-order chi connectivity index (χ0) is 8.08. The minimum absolute atomic E-state index is 0. The van der Waals surface area contributed by atoms with Crippen molar-refractivity contribution in [1.82, 2.24) is 0 Å². The molecule has 0 aromatic heterocycles. The monoisotopic (exact) mass is 281 g/mol. The van der Waals surface area contributed by atoms with E-state index in [1.807, 2.05) is 0 Å². The maximum absolute atomic E-state index is 8.74. The van der Waals surface area contributed by atoms with E-state index >= 15 is 0 Å². The molecule has 0 bridgehead atoms. The van der Waals surface area contributed by atoms with Crippen LogP contribution in [0.3, 0.4) is 0 Å². The molecule has 0 heterocycles. The van der Waals surface area contributed by atoms with Gasteiger partial charge in [-0.1, -0.05) is 0 Å². The Morgan fingerprint density at radius 3 is 1.10 bits per heavy atom. The van der Waals surface area contributed by atoms with E-state index in [2.05, 4.69) is 0 Å². The van der Waals surface area contributed by atoms with Crippen molar-refractivity contribution >= 4 is 63.6 Å². The Kier molecular flexibility index (Phi) is 16.4. The first-order chi connectivity index (χ1) is 3.73. The van der Waals surface area contributed by atoms with E-state index in [9.17, 15) is 0 Å². The molecule has 0 amide bonds. The summed E-state index contributed by atoms with van der Waals surface area (Å²) in [6.45, 7) is 0. The first kappa shape index (κ1) is 18.0. The Labute approximate surface area is 91.6 Å². The molecule has 63 valence electrons. The van der Waals surface area contributed by atoms with Crippen molar-refractivity contribution in [2.24, 2.45) is 0 Å².